The molecule has 0 aliphatic carbocycles. The quantitative estimate of drug-likeness (QED) is 0.277. The minimum atomic E-state index is -0.761. The van der Waals surface area contributed by atoms with Crippen molar-refractivity contribution in [2.45, 2.75) is 30.6 Å². The van der Waals surface area contributed by atoms with Crippen LogP contribution in [0.2, 0.25) is 0 Å². The van der Waals surface area contributed by atoms with Crippen molar-refractivity contribution in [2.75, 3.05) is 32.5 Å². The van der Waals surface area contributed by atoms with Gasteiger partial charge in [-0.2, -0.15) is 11.3 Å². The van der Waals surface area contributed by atoms with Crippen LogP contribution in [0, 0.1) is 11.8 Å². The molecule has 0 radical (unpaired) electrons. The van der Waals surface area contributed by atoms with Gasteiger partial charge in [0.2, 0.25) is 0 Å². The minimum absolute atomic E-state index is 0.0690. The first kappa shape index (κ1) is 24.7. The smallest absolute Gasteiger partial charge is 0.303 e. The van der Waals surface area contributed by atoms with Crippen molar-refractivity contribution in [1.82, 2.24) is 9.88 Å². The van der Waals surface area contributed by atoms with Crippen molar-refractivity contribution in [3.05, 3.63) is 52.9 Å². The zero-order valence-electron chi connectivity index (χ0n) is 19.3. The number of hydrogen-bond donors (Lipinski definition) is 1. The molecule has 2 unspecified atom stereocenters. The highest BCUT2D eigenvalue weighted by molar-refractivity contribution is 7.99. The fourth-order valence-corrected chi connectivity index (χ4v) is 6.56. The number of likely N-dealkylation sites (tertiary alicyclic amines) is 1. The summed E-state index contributed by atoms with van der Waals surface area (Å²) < 4.78 is 5.32. The molecular formula is C26H30N2O4S2. The van der Waals surface area contributed by atoms with E-state index in [0.717, 1.165) is 42.7 Å². The second kappa shape index (κ2) is 11.8. The summed E-state index contributed by atoms with van der Waals surface area (Å²) in [5, 5.41) is 14.5. The van der Waals surface area contributed by atoms with E-state index in [1.54, 1.807) is 30.7 Å². The molecule has 2 aromatic heterocycles. The van der Waals surface area contributed by atoms with E-state index in [0.29, 0.717) is 24.2 Å². The summed E-state index contributed by atoms with van der Waals surface area (Å²) in [6, 6.07) is 9.46. The van der Waals surface area contributed by atoms with E-state index in [-0.39, 0.29) is 24.0 Å². The SMILES string of the molecule is COc1ccc2nccc(C(=O)CCC3CCN(CCSc4ccsc4)CC3CC(=O)O)c2c1. The Morgan fingerprint density at radius 2 is 2.15 bits per heavy atom. The molecule has 1 aliphatic heterocycles. The molecule has 0 amide bonds. The number of carboxylic acids is 1. The van der Waals surface area contributed by atoms with Crippen LogP contribution in [-0.2, 0) is 4.79 Å². The summed E-state index contributed by atoms with van der Waals surface area (Å²) in [5.41, 5.74) is 1.42. The second-order valence-electron chi connectivity index (χ2n) is 8.72. The number of thiophene rings is 1. The number of fused-ring (bicyclic) bond motifs is 1. The van der Waals surface area contributed by atoms with Gasteiger partial charge in [-0.25, -0.2) is 0 Å². The van der Waals surface area contributed by atoms with E-state index < -0.39 is 5.97 Å². The lowest BCUT2D eigenvalue weighted by molar-refractivity contribution is -0.139. The van der Waals surface area contributed by atoms with Gasteiger partial charge in [-0.15, -0.1) is 11.8 Å². The van der Waals surface area contributed by atoms with E-state index in [4.69, 9.17) is 4.74 Å². The van der Waals surface area contributed by atoms with Gasteiger partial charge in [0.25, 0.3) is 0 Å². The Morgan fingerprint density at radius 3 is 2.91 bits per heavy atom. The topological polar surface area (TPSA) is 79.7 Å². The molecule has 2 atom stereocenters. The molecule has 6 nitrogen and oxygen atoms in total. The maximum absolute atomic E-state index is 13.2. The number of benzene rings is 1. The number of methoxy groups -OCH3 is 1. The number of rotatable bonds is 11. The molecule has 8 heteroatoms. The summed E-state index contributed by atoms with van der Waals surface area (Å²) >= 11 is 3.55. The van der Waals surface area contributed by atoms with E-state index in [1.165, 1.54) is 4.90 Å². The molecule has 3 aromatic rings. The molecular weight excluding hydrogens is 468 g/mol. The first-order valence-electron chi connectivity index (χ1n) is 11.6. The van der Waals surface area contributed by atoms with Gasteiger partial charge < -0.3 is 14.7 Å². The lowest BCUT2D eigenvalue weighted by Gasteiger charge is -2.38. The lowest BCUT2D eigenvalue weighted by atomic mass is 9.79. The average molecular weight is 499 g/mol. The Hall–Kier alpha value is -2.42. The van der Waals surface area contributed by atoms with Gasteiger partial charge in [0.1, 0.15) is 5.75 Å². The molecule has 0 saturated carbocycles. The number of carbonyl (C=O) groups excluding carboxylic acids is 1. The van der Waals surface area contributed by atoms with Crippen molar-refractivity contribution in [1.29, 1.82) is 0 Å². The Labute approximate surface area is 208 Å². The number of pyridine rings is 1. The Bertz CT molecular complexity index is 1120. The monoisotopic (exact) mass is 498 g/mol. The highest BCUT2D eigenvalue weighted by atomic mass is 32.2. The summed E-state index contributed by atoms with van der Waals surface area (Å²) in [7, 11) is 1.61. The Balaban J connectivity index is 1.36. The van der Waals surface area contributed by atoms with E-state index in [2.05, 4.69) is 26.7 Å². The molecule has 1 aliphatic rings. The summed E-state index contributed by atoms with van der Waals surface area (Å²) in [5.74, 6) is 1.31. The van der Waals surface area contributed by atoms with Gasteiger partial charge >= 0.3 is 5.97 Å². The predicted octanol–water partition coefficient (Wildman–Crippen LogP) is 5.47. The third-order valence-electron chi connectivity index (χ3n) is 6.57. The van der Waals surface area contributed by atoms with Gasteiger partial charge in [0.05, 0.1) is 12.6 Å². The van der Waals surface area contributed by atoms with Crippen LogP contribution in [-0.4, -0.2) is 59.2 Å². The van der Waals surface area contributed by atoms with Crippen molar-refractivity contribution >= 4 is 45.8 Å². The second-order valence-corrected chi connectivity index (χ2v) is 10.7. The molecule has 34 heavy (non-hydrogen) atoms. The number of ether oxygens (including phenoxy) is 1. The number of aromatic nitrogens is 1. The molecule has 3 heterocycles. The fourth-order valence-electron chi connectivity index (χ4n) is 4.77. The van der Waals surface area contributed by atoms with E-state index in [1.807, 2.05) is 30.0 Å². The first-order chi connectivity index (χ1) is 16.5. The molecule has 0 spiro atoms. The molecule has 1 fully saturated rings. The largest absolute Gasteiger partial charge is 0.497 e. The van der Waals surface area contributed by atoms with Crippen molar-refractivity contribution < 1.29 is 19.4 Å². The molecule has 1 aromatic carbocycles. The molecule has 4 rings (SSSR count). The van der Waals surface area contributed by atoms with Crippen LogP contribution < -0.4 is 4.74 Å². The van der Waals surface area contributed by atoms with Crippen molar-refractivity contribution in [2.24, 2.45) is 11.8 Å². The van der Waals surface area contributed by atoms with Crippen LogP contribution in [0.15, 0.2) is 52.2 Å². The number of nitrogens with zero attached hydrogens (tertiary/aromatic N) is 2. The van der Waals surface area contributed by atoms with Crippen LogP contribution in [0.3, 0.4) is 0 Å². The number of aliphatic carboxylic acids is 1. The van der Waals surface area contributed by atoms with Gasteiger partial charge in [0, 0.05) is 59.1 Å². The first-order valence-corrected chi connectivity index (χ1v) is 13.5. The molecule has 180 valence electrons. The molecule has 0 bridgehead atoms. The Morgan fingerprint density at radius 1 is 1.26 bits per heavy atom. The van der Waals surface area contributed by atoms with Crippen LogP contribution in [0.5, 0.6) is 5.75 Å². The fraction of sp³-hybridized carbons (Fsp3) is 0.423. The zero-order chi connectivity index (χ0) is 23.9. The van der Waals surface area contributed by atoms with E-state index in [9.17, 15) is 14.7 Å². The number of carbonyl (C=O) groups is 2. The predicted molar refractivity (Wildman–Crippen MR) is 137 cm³/mol. The highest BCUT2D eigenvalue weighted by Crippen LogP contribution is 2.32. The van der Waals surface area contributed by atoms with Crippen molar-refractivity contribution in [3.63, 3.8) is 0 Å². The van der Waals surface area contributed by atoms with Gasteiger partial charge in [-0.1, -0.05) is 0 Å². The summed E-state index contributed by atoms with van der Waals surface area (Å²) in [6.45, 7) is 2.69. The standard InChI is InChI=1S/C26H30N2O4S2/c1-32-20-3-4-24-23(15-20)22(6-9-27-24)25(29)5-2-18-7-10-28(16-19(18)14-26(30)31)11-13-34-21-8-12-33-17-21/h3-4,6,8-9,12,15,17-19H,2,5,7,10-11,13-14,16H2,1H3,(H,30,31). The maximum Gasteiger partial charge on any atom is 0.303 e. The number of thioether (sulfide) groups is 1. The number of carboxylic acid groups (broad SMARTS) is 1. The molecule has 1 saturated heterocycles. The maximum atomic E-state index is 13.2. The van der Waals surface area contributed by atoms with Crippen LogP contribution in [0.1, 0.15) is 36.0 Å². The summed E-state index contributed by atoms with van der Waals surface area (Å²) in [6.07, 6.45) is 3.87. The zero-order valence-corrected chi connectivity index (χ0v) is 20.9. The number of hydrogen-bond acceptors (Lipinski definition) is 7. The van der Waals surface area contributed by atoms with Gasteiger partial charge in [-0.05, 0) is 66.9 Å². The lowest BCUT2D eigenvalue weighted by Crippen LogP contribution is -2.42. The highest BCUT2D eigenvalue weighted by Gasteiger charge is 2.31. The third kappa shape index (κ3) is 6.37. The Kier molecular flexibility index (Phi) is 8.59. The van der Waals surface area contributed by atoms with Crippen LogP contribution in [0.25, 0.3) is 10.9 Å². The van der Waals surface area contributed by atoms with E-state index >= 15 is 0 Å². The van der Waals surface area contributed by atoms with Crippen LogP contribution in [0.4, 0.5) is 0 Å². The summed E-state index contributed by atoms with van der Waals surface area (Å²) in [4.78, 5) is 32.7. The van der Waals surface area contributed by atoms with Crippen LogP contribution >= 0.6 is 23.1 Å². The average Bonchev–Trinajstić information content (AvgIpc) is 3.36. The van der Waals surface area contributed by atoms with Crippen molar-refractivity contribution in [3.8, 4) is 5.75 Å². The third-order valence-corrected chi connectivity index (χ3v) is 8.38. The number of ketones is 1. The number of Topliss-reactive ketones (excluding diaryl/α,β-unsaturated/α-hetero) is 1. The van der Waals surface area contributed by atoms with Gasteiger partial charge in [0.15, 0.2) is 5.78 Å². The molecule has 1 N–H and O–H groups in total. The normalized spacial score (nSPS) is 18.7. The van der Waals surface area contributed by atoms with Gasteiger partial charge in [-0.3, -0.25) is 14.6 Å². The minimum Gasteiger partial charge on any atom is -0.497 e. The number of piperidine rings is 1.